The van der Waals surface area contributed by atoms with Gasteiger partial charge >= 0.3 is 0 Å². The first kappa shape index (κ1) is 17.2. The van der Waals surface area contributed by atoms with Crippen molar-refractivity contribution in [2.45, 2.75) is 26.3 Å². The molecular formula is C20H23N3O2S. The number of pyridine rings is 1. The van der Waals surface area contributed by atoms with Gasteiger partial charge in [-0.05, 0) is 51.1 Å². The number of hydrogen-bond acceptors (Lipinski definition) is 5. The van der Waals surface area contributed by atoms with Crippen LogP contribution < -0.4 is 4.74 Å². The van der Waals surface area contributed by atoms with E-state index in [9.17, 15) is 4.79 Å². The fourth-order valence-corrected chi connectivity index (χ4v) is 4.77. The van der Waals surface area contributed by atoms with E-state index in [1.807, 2.05) is 6.07 Å². The van der Waals surface area contributed by atoms with E-state index in [-0.39, 0.29) is 5.78 Å². The Morgan fingerprint density at radius 1 is 1.23 bits per heavy atom. The molecular weight excluding hydrogens is 346 g/mol. The van der Waals surface area contributed by atoms with Crippen LogP contribution in [0.3, 0.4) is 0 Å². The summed E-state index contributed by atoms with van der Waals surface area (Å²) in [6, 6.07) is 7.68. The molecule has 26 heavy (non-hydrogen) atoms. The molecule has 1 aliphatic heterocycles. The average Bonchev–Trinajstić information content (AvgIpc) is 3.36. The van der Waals surface area contributed by atoms with Crippen LogP contribution in [0.2, 0.25) is 0 Å². The molecule has 0 spiro atoms. The summed E-state index contributed by atoms with van der Waals surface area (Å²) in [5.41, 5.74) is 1.85. The van der Waals surface area contributed by atoms with Crippen molar-refractivity contribution in [2.75, 3.05) is 26.7 Å². The number of rotatable bonds is 6. The summed E-state index contributed by atoms with van der Waals surface area (Å²) in [5.74, 6) is 0.534. The lowest BCUT2D eigenvalue weighted by atomic mass is 10.1. The van der Waals surface area contributed by atoms with Crippen LogP contribution in [0.5, 0.6) is 5.88 Å². The molecule has 6 heteroatoms. The molecule has 1 aliphatic rings. The molecule has 3 aromatic heterocycles. The van der Waals surface area contributed by atoms with Gasteiger partial charge in [-0.15, -0.1) is 11.3 Å². The van der Waals surface area contributed by atoms with Crippen LogP contribution >= 0.6 is 11.3 Å². The van der Waals surface area contributed by atoms with Gasteiger partial charge in [-0.2, -0.15) is 0 Å². The molecule has 0 aromatic carbocycles. The number of nitrogens with zero attached hydrogens (tertiary/aromatic N) is 3. The molecule has 1 fully saturated rings. The summed E-state index contributed by atoms with van der Waals surface area (Å²) < 4.78 is 7.41. The molecule has 0 N–H and O–H groups in total. The first-order chi connectivity index (χ1) is 12.7. The minimum Gasteiger partial charge on any atom is -0.481 e. The highest BCUT2D eigenvalue weighted by Crippen LogP contribution is 2.30. The largest absolute Gasteiger partial charge is 0.481 e. The van der Waals surface area contributed by atoms with Crippen molar-refractivity contribution in [1.29, 1.82) is 0 Å². The third-order valence-corrected chi connectivity index (χ3v) is 6.22. The molecule has 0 atom stereocenters. The Morgan fingerprint density at radius 2 is 2.04 bits per heavy atom. The van der Waals surface area contributed by atoms with Crippen molar-refractivity contribution in [3.63, 3.8) is 0 Å². The normalized spacial score (nSPS) is 15.0. The zero-order valence-electron chi connectivity index (χ0n) is 15.2. The van der Waals surface area contributed by atoms with E-state index in [4.69, 9.17) is 4.74 Å². The van der Waals surface area contributed by atoms with Crippen LogP contribution in [0.25, 0.3) is 10.2 Å². The lowest BCUT2D eigenvalue weighted by Gasteiger charge is -2.16. The van der Waals surface area contributed by atoms with Gasteiger partial charge < -0.3 is 14.2 Å². The van der Waals surface area contributed by atoms with Crippen molar-refractivity contribution < 1.29 is 9.53 Å². The van der Waals surface area contributed by atoms with Gasteiger partial charge in [0.2, 0.25) is 11.7 Å². The second-order valence-corrected chi connectivity index (χ2v) is 7.81. The van der Waals surface area contributed by atoms with Crippen molar-refractivity contribution in [3.05, 3.63) is 46.6 Å². The van der Waals surface area contributed by atoms with E-state index in [0.29, 0.717) is 11.4 Å². The molecule has 0 saturated carbocycles. The summed E-state index contributed by atoms with van der Waals surface area (Å²) in [5, 5.41) is 1.15. The molecule has 1 saturated heterocycles. The predicted octanol–water partition coefficient (Wildman–Crippen LogP) is 3.74. The summed E-state index contributed by atoms with van der Waals surface area (Å²) in [7, 11) is 1.57. The molecule has 0 unspecified atom stereocenters. The zero-order chi connectivity index (χ0) is 18.1. The maximum absolute atomic E-state index is 12.8. The second kappa shape index (κ2) is 7.21. The van der Waals surface area contributed by atoms with Gasteiger partial charge in [-0.1, -0.05) is 0 Å². The number of ether oxygens (including phenoxy) is 1. The Balaban J connectivity index is 1.57. The number of aryl methyl sites for hydroxylation is 1. The van der Waals surface area contributed by atoms with E-state index in [0.717, 1.165) is 23.4 Å². The molecule has 0 amide bonds. The smallest absolute Gasteiger partial charge is 0.212 e. The van der Waals surface area contributed by atoms with Gasteiger partial charge in [0.25, 0.3) is 0 Å². The third kappa shape index (κ3) is 3.27. The molecule has 4 rings (SSSR count). The van der Waals surface area contributed by atoms with Crippen molar-refractivity contribution >= 4 is 27.3 Å². The molecule has 0 aliphatic carbocycles. The Kier molecular flexibility index (Phi) is 4.78. The van der Waals surface area contributed by atoms with Gasteiger partial charge in [0.15, 0.2) is 0 Å². The van der Waals surface area contributed by atoms with E-state index in [1.165, 1.54) is 36.5 Å². The highest BCUT2D eigenvalue weighted by molar-refractivity contribution is 7.20. The minimum atomic E-state index is 0.0186. The molecule has 0 radical (unpaired) electrons. The molecule has 4 heterocycles. The number of aromatic nitrogens is 2. The number of hydrogen-bond donors (Lipinski definition) is 0. The summed E-state index contributed by atoms with van der Waals surface area (Å²) in [4.78, 5) is 21.4. The Morgan fingerprint density at radius 3 is 2.73 bits per heavy atom. The Bertz CT molecular complexity index is 921. The fraction of sp³-hybridized carbons (Fsp3) is 0.400. The first-order valence-corrected chi connectivity index (χ1v) is 9.84. The SMILES string of the molecule is COc1ccc(C(=O)c2cc3cc(C)n(CCN4CCCC4)c3s2)cn1. The highest BCUT2D eigenvalue weighted by Gasteiger charge is 2.18. The summed E-state index contributed by atoms with van der Waals surface area (Å²) in [6.45, 7) is 6.62. The summed E-state index contributed by atoms with van der Waals surface area (Å²) >= 11 is 1.58. The zero-order valence-corrected chi connectivity index (χ0v) is 16.0. The van der Waals surface area contributed by atoms with E-state index in [1.54, 1.807) is 36.8 Å². The van der Waals surface area contributed by atoms with Crippen LogP contribution in [0.1, 0.15) is 33.8 Å². The number of ketones is 1. The number of thiophene rings is 1. The quantitative estimate of drug-likeness (QED) is 0.621. The number of likely N-dealkylation sites (tertiary alicyclic amines) is 1. The molecule has 3 aromatic rings. The molecule has 5 nitrogen and oxygen atoms in total. The topological polar surface area (TPSA) is 47.4 Å². The number of methoxy groups -OCH3 is 1. The van der Waals surface area contributed by atoms with Crippen LogP contribution in [-0.4, -0.2) is 47.0 Å². The predicted molar refractivity (Wildman–Crippen MR) is 104 cm³/mol. The standard InChI is InChI=1S/C20H23N3O2S/c1-14-11-16-12-17(19(24)15-5-6-18(25-2)21-13-15)26-20(16)23(14)10-9-22-7-3-4-8-22/h5-6,11-13H,3-4,7-10H2,1-2H3. The maximum Gasteiger partial charge on any atom is 0.212 e. The highest BCUT2D eigenvalue weighted by atomic mass is 32.1. The van der Waals surface area contributed by atoms with E-state index >= 15 is 0 Å². The van der Waals surface area contributed by atoms with Gasteiger partial charge in [-0.3, -0.25) is 4.79 Å². The van der Waals surface area contributed by atoms with Crippen molar-refractivity contribution in [2.24, 2.45) is 0 Å². The Hall–Kier alpha value is -2.18. The van der Waals surface area contributed by atoms with Gasteiger partial charge in [0.1, 0.15) is 4.83 Å². The lowest BCUT2D eigenvalue weighted by molar-refractivity contribution is 0.104. The number of fused-ring (bicyclic) bond motifs is 1. The van der Waals surface area contributed by atoms with E-state index < -0.39 is 0 Å². The monoisotopic (exact) mass is 369 g/mol. The second-order valence-electron chi connectivity index (χ2n) is 6.78. The third-order valence-electron chi connectivity index (χ3n) is 5.05. The average molecular weight is 369 g/mol. The van der Waals surface area contributed by atoms with Crippen molar-refractivity contribution in [1.82, 2.24) is 14.5 Å². The van der Waals surface area contributed by atoms with Crippen LogP contribution in [0.15, 0.2) is 30.5 Å². The minimum absolute atomic E-state index is 0.0186. The number of carbonyl (C=O) groups is 1. The van der Waals surface area contributed by atoms with Gasteiger partial charge in [0, 0.05) is 42.0 Å². The lowest BCUT2D eigenvalue weighted by Crippen LogP contribution is -2.24. The summed E-state index contributed by atoms with van der Waals surface area (Å²) in [6.07, 6.45) is 4.21. The van der Waals surface area contributed by atoms with Gasteiger partial charge in [-0.25, -0.2) is 4.98 Å². The number of carbonyl (C=O) groups excluding carboxylic acids is 1. The van der Waals surface area contributed by atoms with Crippen LogP contribution in [-0.2, 0) is 6.54 Å². The van der Waals surface area contributed by atoms with Crippen LogP contribution in [0, 0.1) is 6.92 Å². The van der Waals surface area contributed by atoms with Gasteiger partial charge in [0.05, 0.1) is 12.0 Å². The Labute approximate surface area is 157 Å². The molecule has 136 valence electrons. The van der Waals surface area contributed by atoms with Crippen LogP contribution in [0.4, 0.5) is 0 Å². The van der Waals surface area contributed by atoms with Crippen molar-refractivity contribution in [3.8, 4) is 5.88 Å². The van der Waals surface area contributed by atoms with E-state index in [2.05, 4.69) is 27.4 Å². The maximum atomic E-state index is 12.8. The first-order valence-electron chi connectivity index (χ1n) is 9.02. The fourth-order valence-electron chi connectivity index (χ4n) is 3.59. The molecule has 0 bridgehead atoms.